The zero-order chi connectivity index (χ0) is 20.9. The van der Waals surface area contributed by atoms with Gasteiger partial charge in [-0.15, -0.1) is 28.3 Å². The number of fused-ring (bicyclic) bond motifs is 3. The van der Waals surface area contributed by atoms with Crippen LogP contribution >= 0.6 is 34.8 Å². The Morgan fingerprint density at radius 2 is 1.33 bits per heavy atom. The molecule has 4 rings (SSSR count). The molecule has 6 heteroatoms. The highest BCUT2D eigenvalue weighted by Crippen LogP contribution is 2.36. The van der Waals surface area contributed by atoms with Gasteiger partial charge >= 0.3 is 0 Å². The summed E-state index contributed by atoms with van der Waals surface area (Å²) in [6.45, 7) is 1.43. The third-order valence-corrected chi connectivity index (χ3v) is 5.73. The molecule has 0 unspecified atom stereocenters. The van der Waals surface area contributed by atoms with E-state index in [1.54, 1.807) is 6.21 Å². The molecule has 3 aromatic carbocycles. The highest BCUT2D eigenvalue weighted by molar-refractivity contribution is 6.33. The van der Waals surface area contributed by atoms with Gasteiger partial charge in [0.05, 0.1) is 11.2 Å². The predicted octanol–water partition coefficient (Wildman–Crippen LogP) is 6.48. The second-order valence-corrected chi connectivity index (χ2v) is 8.02. The molecule has 152 valence electrons. The molecule has 1 aliphatic rings. The zero-order valence-electron chi connectivity index (χ0n) is 16.2. The Hall–Kier alpha value is -2.33. The van der Waals surface area contributed by atoms with Crippen molar-refractivity contribution in [2.75, 3.05) is 29.7 Å². The van der Waals surface area contributed by atoms with Crippen LogP contribution in [0.15, 0.2) is 76.9 Å². The lowest BCUT2D eigenvalue weighted by Crippen LogP contribution is -2.27. The van der Waals surface area contributed by atoms with Crippen LogP contribution < -0.4 is 4.90 Å². The molecule has 0 spiro atoms. The van der Waals surface area contributed by atoms with Crippen molar-refractivity contribution >= 4 is 52.4 Å². The van der Waals surface area contributed by atoms with Gasteiger partial charge in [0.1, 0.15) is 5.71 Å². The molecule has 0 bridgehead atoms. The number of halogens is 3. The first-order valence-electron chi connectivity index (χ1n) is 9.69. The molecule has 0 saturated carbocycles. The Labute approximate surface area is 191 Å². The SMILES string of the molecule is ClCCN(CCCl)c1ccc(/C=N/N=C2c3ccccc3-c3ccccc32)c(Cl)c1. The zero-order valence-corrected chi connectivity index (χ0v) is 18.5. The highest BCUT2D eigenvalue weighted by Gasteiger charge is 2.23. The molecular weight excluding hydrogens is 437 g/mol. The fourth-order valence-electron chi connectivity index (χ4n) is 3.64. The van der Waals surface area contributed by atoms with Crippen LogP contribution in [0.2, 0.25) is 5.02 Å². The molecule has 0 aliphatic heterocycles. The van der Waals surface area contributed by atoms with Crippen LogP contribution in [0.5, 0.6) is 0 Å². The summed E-state index contributed by atoms with van der Waals surface area (Å²) in [6.07, 6.45) is 1.69. The lowest BCUT2D eigenvalue weighted by molar-refractivity contribution is 0.874. The summed E-state index contributed by atoms with van der Waals surface area (Å²) in [4.78, 5) is 2.11. The molecule has 0 aromatic heterocycles. The monoisotopic (exact) mass is 455 g/mol. The van der Waals surface area contributed by atoms with E-state index in [1.165, 1.54) is 11.1 Å². The van der Waals surface area contributed by atoms with E-state index in [2.05, 4.69) is 39.4 Å². The highest BCUT2D eigenvalue weighted by atomic mass is 35.5. The van der Waals surface area contributed by atoms with E-state index in [0.717, 1.165) is 28.1 Å². The molecule has 1 aliphatic carbocycles. The summed E-state index contributed by atoms with van der Waals surface area (Å²) in [6, 6.07) is 22.4. The lowest BCUT2D eigenvalue weighted by Gasteiger charge is -2.23. The third-order valence-electron chi connectivity index (χ3n) is 5.07. The quantitative estimate of drug-likeness (QED) is 0.178. The van der Waals surface area contributed by atoms with Crippen LogP contribution in [0.3, 0.4) is 0 Å². The van der Waals surface area contributed by atoms with Gasteiger partial charge in [0, 0.05) is 47.2 Å². The van der Waals surface area contributed by atoms with Gasteiger partial charge in [0.2, 0.25) is 0 Å². The van der Waals surface area contributed by atoms with Crippen molar-refractivity contribution in [3.8, 4) is 11.1 Å². The predicted molar refractivity (Wildman–Crippen MR) is 130 cm³/mol. The van der Waals surface area contributed by atoms with Crippen molar-refractivity contribution in [3.05, 3.63) is 88.4 Å². The maximum atomic E-state index is 6.50. The van der Waals surface area contributed by atoms with Crippen molar-refractivity contribution in [2.24, 2.45) is 10.2 Å². The molecule has 0 fully saturated rings. The molecule has 3 nitrogen and oxygen atoms in total. The molecule has 30 heavy (non-hydrogen) atoms. The molecule has 0 radical (unpaired) electrons. The molecular formula is C24H20Cl3N3. The van der Waals surface area contributed by atoms with Crippen molar-refractivity contribution in [1.82, 2.24) is 0 Å². The Balaban J connectivity index is 1.61. The van der Waals surface area contributed by atoms with Gasteiger partial charge in [-0.2, -0.15) is 5.10 Å². The van der Waals surface area contributed by atoms with E-state index in [-0.39, 0.29) is 0 Å². The van der Waals surface area contributed by atoms with Gasteiger partial charge < -0.3 is 4.90 Å². The Morgan fingerprint density at radius 1 is 0.767 bits per heavy atom. The minimum absolute atomic E-state index is 0.526. The van der Waals surface area contributed by atoms with E-state index in [1.807, 2.05) is 42.5 Å². The first kappa shape index (κ1) is 20.9. The molecule has 0 heterocycles. The molecule has 0 atom stereocenters. The number of nitrogens with zero attached hydrogens (tertiary/aromatic N) is 3. The largest absolute Gasteiger partial charge is 0.369 e. The Morgan fingerprint density at radius 3 is 1.87 bits per heavy atom. The van der Waals surface area contributed by atoms with Gasteiger partial charge in [0.25, 0.3) is 0 Å². The van der Waals surface area contributed by atoms with Crippen LogP contribution in [0, 0.1) is 0 Å². The minimum Gasteiger partial charge on any atom is -0.369 e. The topological polar surface area (TPSA) is 28.0 Å². The second kappa shape index (κ2) is 9.65. The van der Waals surface area contributed by atoms with Crippen molar-refractivity contribution in [3.63, 3.8) is 0 Å². The van der Waals surface area contributed by atoms with Gasteiger partial charge in [-0.05, 0) is 29.3 Å². The van der Waals surface area contributed by atoms with Crippen LogP contribution in [-0.4, -0.2) is 36.8 Å². The third kappa shape index (κ3) is 4.24. The second-order valence-electron chi connectivity index (χ2n) is 6.86. The molecule has 0 N–H and O–H groups in total. The van der Waals surface area contributed by atoms with Gasteiger partial charge in [-0.1, -0.05) is 60.1 Å². The number of hydrogen-bond donors (Lipinski definition) is 0. The summed E-state index contributed by atoms with van der Waals surface area (Å²) < 4.78 is 0. The maximum Gasteiger partial charge on any atom is 0.101 e. The van der Waals surface area contributed by atoms with Crippen LogP contribution in [0.4, 0.5) is 5.69 Å². The van der Waals surface area contributed by atoms with Crippen LogP contribution in [-0.2, 0) is 0 Å². The molecule has 3 aromatic rings. The van der Waals surface area contributed by atoms with Crippen molar-refractivity contribution in [2.45, 2.75) is 0 Å². The normalized spacial score (nSPS) is 12.2. The summed E-state index contributed by atoms with van der Waals surface area (Å²) in [5.41, 5.74) is 7.22. The minimum atomic E-state index is 0.526. The van der Waals surface area contributed by atoms with Crippen molar-refractivity contribution in [1.29, 1.82) is 0 Å². The van der Waals surface area contributed by atoms with Gasteiger partial charge in [0.15, 0.2) is 0 Å². The first-order chi connectivity index (χ1) is 14.7. The van der Waals surface area contributed by atoms with Gasteiger partial charge in [-0.3, -0.25) is 0 Å². The molecule has 0 saturated heterocycles. The summed E-state index contributed by atoms with van der Waals surface area (Å²) in [5, 5.41) is 9.50. The fourth-order valence-corrected chi connectivity index (χ4v) is 4.27. The number of hydrogen-bond acceptors (Lipinski definition) is 3. The number of alkyl halides is 2. The van der Waals surface area contributed by atoms with E-state index in [9.17, 15) is 0 Å². The first-order valence-corrected chi connectivity index (χ1v) is 11.1. The van der Waals surface area contributed by atoms with Crippen molar-refractivity contribution < 1.29 is 0 Å². The van der Waals surface area contributed by atoms with E-state index in [0.29, 0.717) is 29.9 Å². The van der Waals surface area contributed by atoms with Crippen LogP contribution in [0.1, 0.15) is 16.7 Å². The lowest BCUT2D eigenvalue weighted by atomic mass is 10.1. The number of anilines is 1. The average Bonchev–Trinajstić information content (AvgIpc) is 3.09. The molecule has 0 amide bonds. The maximum absolute atomic E-state index is 6.50. The standard InChI is InChI=1S/C24H20Cl3N3/c25-11-13-30(14-12-26)18-10-9-17(23(27)15-18)16-28-29-24-21-7-3-1-5-19(21)20-6-2-4-8-22(20)24/h1-10,15-16H,11-14H2/b28-16+. The van der Waals surface area contributed by atoms with E-state index in [4.69, 9.17) is 34.8 Å². The van der Waals surface area contributed by atoms with E-state index >= 15 is 0 Å². The van der Waals surface area contributed by atoms with Crippen LogP contribution in [0.25, 0.3) is 11.1 Å². The Kier molecular flexibility index (Phi) is 6.73. The fraction of sp³-hybridized carbons (Fsp3) is 0.167. The summed E-state index contributed by atoms with van der Waals surface area (Å²) in [5.74, 6) is 1.05. The number of rotatable bonds is 7. The number of benzene rings is 3. The Bertz CT molecular complexity index is 1050. The summed E-state index contributed by atoms with van der Waals surface area (Å²) in [7, 11) is 0. The average molecular weight is 457 g/mol. The van der Waals surface area contributed by atoms with E-state index < -0.39 is 0 Å². The van der Waals surface area contributed by atoms with Gasteiger partial charge in [-0.25, -0.2) is 0 Å². The summed E-state index contributed by atoms with van der Waals surface area (Å²) >= 11 is 18.3. The smallest absolute Gasteiger partial charge is 0.101 e.